The highest BCUT2D eigenvalue weighted by Crippen LogP contribution is 2.33. The Bertz CT molecular complexity index is 462. The third kappa shape index (κ3) is 4.00. The minimum absolute atomic E-state index is 0.475. The van der Waals surface area contributed by atoms with Crippen molar-refractivity contribution in [3.63, 3.8) is 0 Å². The molecule has 0 aromatic carbocycles. The maximum atomic E-state index is 4.67. The van der Waals surface area contributed by atoms with Gasteiger partial charge in [-0.05, 0) is 44.6 Å². The van der Waals surface area contributed by atoms with Crippen molar-refractivity contribution in [2.45, 2.75) is 59.9 Å². The molecule has 0 atom stereocenters. The Kier molecular flexibility index (Phi) is 5.31. The first-order valence-electron chi connectivity index (χ1n) is 8.43. The fourth-order valence-electron chi connectivity index (χ4n) is 3.32. The first-order valence-corrected chi connectivity index (χ1v) is 8.43. The van der Waals surface area contributed by atoms with Crippen molar-refractivity contribution < 1.29 is 0 Å². The summed E-state index contributed by atoms with van der Waals surface area (Å²) in [4.78, 5) is 2.55. The third-order valence-electron chi connectivity index (χ3n) is 4.68. The summed E-state index contributed by atoms with van der Waals surface area (Å²) in [7, 11) is 2.09. The highest BCUT2D eigenvalue weighted by molar-refractivity contribution is 5.50. The average molecular weight is 292 g/mol. The van der Waals surface area contributed by atoms with E-state index in [1.807, 2.05) is 0 Å². The van der Waals surface area contributed by atoms with Crippen LogP contribution in [0.2, 0.25) is 0 Å². The molecule has 0 bridgehead atoms. The highest BCUT2D eigenvalue weighted by atomic mass is 15.4. The van der Waals surface area contributed by atoms with Gasteiger partial charge in [-0.15, -0.1) is 0 Å². The molecule has 1 aliphatic rings. The van der Waals surface area contributed by atoms with Crippen LogP contribution in [0.1, 0.15) is 57.7 Å². The zero-order chi connectivity index (χ0) is 15.5. The van der Waals surface area contributed by atoms with Crippen molar-refractivity contribution in [3.05, 3.63) is 11.3 Å². The van der Waals surface area contributed by atoms with Crippen LogP contribution in [0.5, 0.6) is 0 Å². The molecule has 1 N–H and O–H groups in total. The Morgan fingerprint density at radius 3 is 2.71 bits per heavy atom. The lowest BCUT2D eigenvalue weighted by Gasteiger charge is -2.26. The zero-order valence-corrected chi connectivity index (χ0v) is 14.5. The highest BCUT2D eigenvalue weighted by Gasteiger charge is 2.26. The van der Waals surface area contributed by atoms with Gasteiger partial charge in [0.05, 0.1) is 5.69 Å². The first kappa shape index (κ1) is 16.3. The molecular formula is C17H32N4. The van der Waals surface area contributed by atoms with E-state index in [2.05, 4.69) is 54.7 Å². The lowest BCUT2D eigenvalue weighted by atomic mass is 9.85. The molecule has 21 heavy (non-hydrogen) atoms. The summed E-state index contributed by atoms with van der Waals surface area (Å²) in [6, 6.07) is 0. The molecule has 1 fully saturated rings. The summed E-state index contributed by atoms with van der Waals surface area (Å²) < 4.78 is 2.08. The summed E-state index contributed by atoms with van der Waals surface area (Å²) in [6.07, 6.45) is 5.04. The molecule has 2 rings (SSSR count). The second-order valence-corrected chi connectivity index (χ2v) is 7.19. The van der Waals surface area contributed by atoms with E-state index in [9.17, 15) is 0 Å². The van der Waals surface area contributed by atoms with Gasteiger partial charge < -0.3 is 10.2 Å². The predicted molar refractivity (Wildman–Crippen MR) is 89.8 cm³/mol. The number of anilines is 1. The molecule has 0 unspecified atom stereocenters. The van der Waals surface area contributed by atoms with Crippen molar-refractivity contribution in [2.24, 2.45) is 12.5 Å². The molecule has 4 nitrogen and oxygen atoms in total. The lowest BCUT2D eigenvalue weighted by Crippen LogP contribution is -2.29. The summed E-state index contributed by atoms with van der Waals surface area (Å²) >= 11 is 0. The van der Waals surface area contributed by atoms with Gasteiger partial charge in [-0.25, -0.2) is 0 Å². The summed E-state index contributed by atoms with van der Waals surface area (Å²) in [6.45, 7) is 13.4. The van der Waals surface area contributed by atoms with Crippen molar-refractivity contribution in [3.8, 4) is 0 Å². The molecule has 2 heterocycles. The van der Waals surface area contributed by atoms with Crippen molar-refractivity contribution in [1.29, 1.82) is 0 Å². The number of nitrogens with one attached hydrogen (secondary N) is 1. The quantitative estimate of drug-likeness (QED) is 0.846. The monoisotopic (exact) mass is 292 g/mol. The summed E-state index contributed by atoms with van der Waals surface area (Å²) in [5.74, 6) is 1.33. The minimum Gasteiger partial charge on any atom is -0.357 e. The van der Waals surface area contributed by atoms with Crippen LogP contribution in [0, 0.1) is 12.3 Å². The van der Waals surface area contributed by atoms with Crippen LogP contribution in [0.3, 0.4) is 0 Å². The Morgan fingerprint density at radius 1 is 1.24 bits per heavy atom. The molecule has 1 aromatic heterocycles. The van der Waals surface area contributed by atoms with Crippen molar-refractivity contribution in [2.75, 3.05) is 24.5 Å². The van der Waals surface area contributed by atoms with Gasteiger partial charge in [0.2, 0.25) is 0 Å². The van der Waals surface area contributed by atoms with Gasteiger partial charge in [-0.3, -0.25) is 4.68 Å². The maximum Gasteiger partial charge on any atom is 0.131 e. The van der Waals surface area contributed by atoms with Gasteiger partial charge in [0, 0.05) is 32.2 Å². The summed E-state index contributed by atoms with van der Waals surface area (Å²) in [5, 5.41) is 8.20. The van der Waals surface area contributed by atoms with Gasteiger partial charge >= 0.3 is 0 Å². The Balaban J connectivity index is 2.17. The largest absolute Gasteiger partial charge is 0.357 e. The molecule has 1 aromatic rings. The number of hydrogen-bond donors (Lipinski definition) is 1. The third-order valence-corrected chi connectivity index (χ3v) is 4.68. The molecule has 0 aliphatic carbocycles. The number of aromatic nitrogens is 2. The molecule has 0 radical (unpaired) electrons. The van der Waals surface area contributed by atoms with Crippen LogP contribution in [0.25, 0.3) is 0 Å². The number of nitrogens with zero attached hydrogens (tertiary/aromatic N) is 3. The molecule has 120 valence electrons. The van der Waals surface area contributed by atoms with Gasteiger partial charge in [0.25, 0.3) is 0 Å². The van der Waals surface area contributed by atoms with E-state index in [-0.39, 0.29) is 0 Å². The molecule has 0 amide bonds. The Hall–Kier alpha value is -1.03. The zero-order valence-electron chi connectivity index (χ0n) is 14.5. The van der Waals surface area contributed by atoms with Crippen LogP contribution < -0.4 is 10.2 Å². The van der Waals surface area contributed by atoms with Crippen LogP contribution >= 0.6 is 0 Å². The standard InChI is InChI=1S/C17H32N4/c1-6-10-18-13-15-14(2)19-20(5)16(15)21-11-7-8-17(3,4)9-12-21/h18H,6-13H2,1-5H3. The lowest BCUT2D eigenvalue weighted by molar-refractivity contribution is 0.325. The smallest absolute Gasteiger partial charge is 0.131 e. The number of hydrogen-bond acceptors (Lipinski definition) is 3. The van der Waals surface area contributed by atoms with Gasteiger partial charge in [-0.2, -0.15) is 5.10 Å². The molecule has 0 saturated carbocycles. The first-order chi connectivity index (χ1) is 9.94. The second-order valence-electron chi connectivity index (χ2n) is 7.19. The topological polar surface area (TPSA) is 33.1 Å². The molecule has 4 heteroatoms. The van der Waals surface area contributed by atoms with Crippen LogP contribution in [0.4, 0.5) is 5.82 Å². The van der Waals surface area contributed by atoms with E-state index in [1.54, 1.807) is 0 Å². The number of rotatable bonds is 5. The average Bonchev–Trinajstić information content (AvgIpc) is 2.57. The van der Waals surface area contributed by atoms with E-state index in [1.165, 1.54) is 42.8 Å². The van der Waals surface area contributed by atoms with Gasteiger partial charge in [-0.1, -0.05) is 20.8 Å². The Labute approximate surface area is 129 Å². The maximum absolute atomic E-state index is 4.67. The van der Waals surface area contributed by atoms with E-state index in [0.29, 0.717) is 5.41 Å². The molecule has 1 aliphatic heterocycles. The molecule has 1 saturated heterocycles. The van der Waals surface area contributed by atoms with Crippen molar-refractivity contribution in [1.82, 2.24) is 15.1 Å². The number of aryl methyl sites for hydroxylation is 2. The summed E-state index contributed by atoms with van der Waals surface area (Å²) in [5.41, 5.74) is 3.02. The fraction of sp³-hybridized carbons (Fsp3) is 0.824. The second kappa shape index (κ2) is 6.82. The minimum atomic E-state index is 0.475. The normalized spacial score (nSPS) is 18.8. The van der Waals surface area contributed by atoms with Crippen LogP contribution in [-0.4, -0.2) is 29.4 Å². The van der Waals surface area contributed by atoms with E-state index >= 15 is 0 Å². The van der Waals surface area contributed by atoms with E-state index in [0.717, 1.165) is 26.2 Å². The van der Waals surface area contributed by atoms with E-state index in [4.69, 9.17) is 0 Å². The van der Waals surface area contributed by atoms with Crippen LogP contribution in [-0.2, 0) is 13.6 Å². The molecular weight excluding hydrogens is 260 g/mol. The predicted octanol–water partition coefficient (Wildman–Crippen LogP) is 3.24. The SMILES string of the molecule is CCCNCc1c(C)nn(C)c1N1CCCC(C)(C)CC1. The fourth-order valence-corrected chi connectivity index (χ4v) is 3.32. The molecule has 0 spiro atoms. The Morgan fingerprint density at radius 2 is 2.00 bits per heavy atom. The van der Waals surface area contributed by atoms with Gasteiger partial charge in [0.1, 0.15) is 5.82 Å². The van der Waals surface area contributed by atoms with Gasteiger partial charge in [0.15, 0.2) is 0 Å². The van der Waals surface area contributed by atoms with E-state index < -0.39 is 0 Å². The van der Waals surface area contributed by atoms with Crippen LogP contribution in [0.15, 0.2) is 0 Å². The van der Waals surface area contributed by atoms with Crippen molar-refractivity contribution >= 4 is 5.82 Å².